The molecular weight excluding hydrogens is 316 g/mol. The molecule has 1 amide bonds. The minimum Gasteiger partial charge on any atom is -0.483 e. The van der Waals surface area contributed by atoms with Gasteiger partial charge >= 0.3 is 0 Å². The second-order valence-corrected chi connectivity index (χ2v) is 5.69. The lowest BCUT2D eigenvalue weighted by molar-refractivity contribution is -0.120. The van der Waals surface area contributed by atoms with Crippen molar-refractivity contribution in [3.63, 3.8) is 0 Å². The van der Waals surface area contributed by atoms with E-state index in [1.165, 1.54) is 6.07 Å². The fourth-order valence-electron chi connectivity index (χ4n) is 2.83. The number of rotatable bonds is 5. The van der Waals surface area contributed by atoms with Crippen LogP contribution in [0.3, 0.4) is 0 Å². The SMILES string of the molecule is CCN(C(=O)COc1cc(=O)n(C)c2ccccc12)c1ccccc1. The van der Waals surface area contributed by atoms with Crippen molar-refractivity contribution in [1.29, 1.82) is 0 Å². The Balaban J connectivity index is 1.84. The van der Waals surface area contributed by atoms with E-state index in [0.29, 0.717) is 12.3 Å². The minimum atomic E-state index is -0.170. The van der Waals surface area contributed by atoms with Gasteiger partial charge in [-0.25, -0.2) is 0 Å². The van der Waals surface area contributed by atoms with Crippen LogP contribution >= 0.6 is 0 Å². The minimum absolute atomic E-state index is 0.125. The summed E-state index contributed by atoms with van der Waals surface area (Å²) < 4.78 is 7.28. The maximum atomic E-state index is 12.6. The van der Waals surface area contributed by atoms with Crippen molar-refractivity contribution >= 4 is 22.5 Å². The maximum Gasteiger partial charge on any atom is 0.264 e. The Morgan fingerprint density at radius 2 is 1.76 bits per heavy atom. The van der Waals surface area contributed by atoms with Gasteiger partial charge in [0.05, 0.1) is 5.52 Å². The van der Waals surface area contributed by atoms with E-state index >= 15 is 0 Å². The summed E-state index contributed by atoms with van der Waals surface area (Å²) in [5.74, 6) is 0.273. The number of hydrogen-bond donors (Lipinski definition) is 0. The van der Waals surface area contributed by atoms with Gasteiger partial charge in [-0.1, -0.05) is 30.3 Å². The molecule has 0 aliphatic heterocycles. The molecule has 0 unspecified atom stereocenters. The molecule has 0 N–H and O–H groups in total. The summed E-state index contributed by atoms with van der Waals surface area (Å²) in [6.45, 7) is 2.34. The summed E-state index contributed by atoms with van der Waals surface area (Å²) in [4.78, 5) is 26.3. The van der Waals surface area contributed by atoms with Crippen molar-refractivity contribution in [2.75, 3.05) is 18.1 Å². The van der Waals surface area contributed by atoms with Crippen molar-refractivity contribution in [1.82, 2.24) is 4.57 Å². The lowest BCUT2D eigenvalue weighted by Gasteiger charge is -2.21. The van der Waals surface area contributed by atoms with Gasteiger partial charge in [-0.15, -0.1) is 0 Å². The number of anilines is 1. The first kappa shape index (κ1) is 16.8. The summed E-state index contributed by atoms with van der Waals surface area (Å²) in [6.07, 6.45) is 0. The molecule has 0 fully saturated rings. The van der Waals surface area contributed by atoms with Crippen molar-refractivity contribution in [2.45, 2.75) is 6.92 Å². The maximum absolute atomic E-state index is 12.6. The average Bonchev–Trinajstić information content (AvgIpc) is 2.65. The first-order valence-corrected chi connectivity index (χ1v) is 8.18. The molecule has 1 aromatic heterocycles. The molecule has 0 aliphatic carbocycles. The van der Waals surface area contributed by atoms with E-state index in [2.05, 4.69) is 0 Å². The molecule has 0 spiro atoms. The second kappa shape index (κ2) is 7.21. The molecule has 0 radical (unpaired) electrons. The van der Waals surface area contributed by atoms with Gasteiger partial charge in [-0.2, -0.15) is 0 Å². The van der Waals surface area contributed by atoms with Crippen LogP contribution in [0.1, 0.15) is 6.92 Å². The number of likely N-dealkylation sites (N-methyl/N-ethyl adjacent to an activating group) is 1. The van der Waals surface area contributed by atoms with E-state index in [-0.39, 0.29) is 18.1 Å². The van der Waals surface area contributed by atoms with E-state index in [0.717, 1.165) is 16.6 Å². The number of fused-ring (bicyclic) bond motifs is 1. The lowest BCUT2D eigenvalue weighted by Crippen LogP contribution is -2.34. The zero-order valence-corrected chi connectivity index (χ0v) is 14.3. The predicted octanol–water partition coefficient (Wildman–Crippen LogP) is 2.97. The summed E-state index contributed by atoms with van der Waals surface area (Å²) >= 11 is 0. The Hall–Kier alpha value is -3.08. The summed E-state index contributed by atoms with van der Waals surface area (Å²) in [7, 11) is 1.72. The van der Waals surface area contributed by atoms with Gasteiger partial charge in [-0.3, -0.25) is 9.59 Å². The molecule has 0 atom stereocenters. The Bertz CT molecular complexity index is 948. The largest absolute Gasteiger partial charge is 0.483 e. The molecule has 0 saturated carbocycles. The molecule has 0 saturated heterocycles. The van der Waals surface area contributed by atoms with E-state index < -0.39 is 0 Å². The Kier molecular flexibility index (Phi) is 4.84. The van der Waals surface area contributed by atoms with Gasteiger partial charge in [0.25, 0.3) is 11.5 Å². The second-order valence-electron chi connectivity index (χ2n) is 5.69. The Morgan fingerprint density at radius 1 is 1.08 bits per heavy atom. The lowest BCUT2D eigenvalue weighted by atomic mass is 10.2. The highest BCUT2D eigenvalue weighted by atomic mass is 16.5. The van der Waals surface area contributed by atoms with Gasteiger partial charge in [-0.05, 0) is 31.2 Å². The van der Waals surface area contributed by atoms with Gasteiger partial charge < -0.3 is 14.2 Å². The molecule has 2 aromatic carbocycles. The molecule has 5 nitrogen and oxygen atoms in total. The van der Waals surface area contributed by atoms with Crippen molar-refractivity contribution < 1.29 is 9.53 Å². The molecular formula is C20H20N2O3. The number of para-hydroxylation sites is 2. The van der Waals surface area contributed by atoms with Crippen LogP contribution in [0.2, 0.25) is 0 Å². The average molecular weight is 336 g/mol. The standard InChI is InChI=1S/C20H20N2O3/c1-3-22(15-9-5-4-6-10-15)20(24)14-25-18-13-19(23)21(2)17-12-8-7-11-16(17)18/h4-13H,3,14H2,1-2H3. The molecule has 128 valence electrons. The predicted molar refractivity (Wildman–Crippen MR) is 99.2 cm³/mol. The number of benzene rings is 2. The molecule has 0 bridgehead atoms. The van der Waals surface area contributed by atoms with Crippen LogP contribution in [0.25, 0.3) is 10.9 Å². The third-order valence-corrected chi connectivity index (χ3v) is 4.15. The number of hydrogen-bond acceptors (Lipinski definition) is 3. The number of ether oxygens (including phenoxy) is 1. The Morgan fingerprint density at radius 3 is 2.48 bits per heavy atom. The molecule has 25 heavy (non-hydrogen) atoms. The highest BCUT2D eigenvalue weighted by molar-refractivity contribution is 5.94. The van der Waals surface area contributed by atoms with Gasteiger partial charge in [0.2, 0.25) is 0 Å². The third-order valence-electron chi connectivity index (χ3n) is 4.15. The van der Waals surface area contributed by atoms with Gasteiger partial charge in [0, 0.05) is 30.7 Å². The summed E-state index contributed by atoms with van der Waals surface area (Å²) in [5.41, 5.74) is 1.43. The van der Waals surface area contributed by atoms with E-state index in [9.17, 15) is 9.59 Å². The fourth-order valence-corrected chi connectivity index (χ4v) is 2.83. The highest BCUT2D eigenvalue weighted by Gasteiger charge is 2.15. The molecule has 3 rings (SSSR count). The van der Waals surface area contributed by atoms with Crippen LogP contribution in [-0.2, 0) is 11.8 Å². The molecule has 3 aromatic rings. The van der Waals surface area contributed by atoms with E-state index in [1.807, 2.05) is 61.5 Å². The first-order valence-electron chi connectivity index (χ1n) is 8.18. The monoisotopic (exact) mass is 336 g/mol. The van der Waals surface area contributed by atoms with Crippen molar-refractivity contribution in [3.8, 4) is 5.75 Å². The third kappa shape index (κ3) is 3.40. The summed E-state index contributed by atoms with van der Waals surface area (Å²) in [5, 5.41) is 0.806. The fraction of sp³-hybridized carbons (Fsp3) is 0.200. The van der Waals surface area contributed by atoms with Crippen molar-refractivity contribution in [3.05, 3.63) is 71.0 Å². The first-order chi connectivity index (χ1) is 12.1. The highest BCUT2D eigenvalue weighted by Crippen LogP contribution is 2.23. The van der Waals surface area contributed by atoms with Crippen LogP contribution in [0, 0.1) is 0 Å². The van der Waals surface area contributed by atoms with E-state index in [1.54, 1.807) is 16.5 Å². The topological polar surface area (TPSA) is 51.5 Å². The molecule has 1 heterocycles. The molecule has 0 aliphatic rings. The number of amides is 1. The number of carbonyl (C=O) groups excluding carboxylic acids is 1. The van der Waals surface area contributed by atoms with Crippen LogP contribution in [0.4, 0.5) is 5.69 Å². The van der Waals surface area contributed by atoms with Crippen molar-refractivity contribution in [2.24, 2.45) is 7.05 Å². The van der Waals surface area contributed by atoms with Crippen LogP contribution < -0.4 is 15.2 Å². The Labute approximate surface area is 146 Å². The number of aryl methyl sites for hydroxylation is 1. The van der Waals surface area contributed by atoms with Crippen LogP contribution in [-0.4, -0.2) is 23.6 Å². The molecule has 5 heteroatoms. The zero-order chi connectivity index (χ0) is 17.8. The summed E-state index contributed by atoms with van der Waals surface area (Å²) in [6, 6.07) is 18.4. The normalized spacial score (nSPS) is 10.6. The van der Waals surface area contributed by atoms with Crippen LogP contribution in [0.15, 0.2) is 65.5 Å². The van der Waals surface area contributed by atoms with Gasteiger partial charge in [0.15, 0.2) is 6.61 Å². The van der Waals surface area contributed by atoms with Gasteiger partial charge in [0.1, 0.15) is 5.75 Å². The number of nitrogens with zero attached hydrogens (tertiary/aromatic N) is 2. The van der Waals surface area contributed by atoms with E-state index in [4.69, 9.17) is 4.74 Å². The smallest absolute Gasteiger partial charge is 0.264 e. The van der Waals surface area contributed by atoms with Crippen LogP contribution in [0.5, 0.6) is 5.75 Å². The zero-order valence-electron chi connectivity index (χ0n) is 14.3. The number of pyridine rings is 1. The number of aromatic nitrogens is 1. The quantitative estimate of drug-likeness (QED) is 0.720. The number of carbonyl (C=O) groups is 1.